The van der Waals surface area contributed by atoms with Gasteiger partial charge in [-0.2, -0.15) is 0 Å². The number of carboxylic acid groups (broad SMARTS) is 1. The molecule has 0 aromatic rings. The van der Waals surface area contributed by atoms with Gasteiger partial charge in [0.05, 0.1) is 45.0 Å². The lowest BCUT2D eigenvalue weighted by Crippen LogP contribution is -2.28. The fraction of sp³-hybridized carbons (Fsp3) is 0.667. The summed E-state index contributed by atoms with van der Waals surface area (Å²) in [5.74, 6) is -0.981. The molecule has 4 N–H and O–H groups in total. The zero-order valence-corrected chi connectivity index (χ0v) is 9.90. The molecular formula is C9H19NO8. The minimum atomic E-state index is -0.981. The van der Waals surface area contributed by atoms with Crippen LogP contribution in [0.25, 0.3) is 0 Å². The number of carbonyl (C=O) groups is 1. The molecule has 0 rings (SSSR count). The summed E-state index contributed by atoms with van der Waals surface area (Å²) < 4.78 is 0. The second kappa shape index (κ2) is 15.9. The van der Waals surface area contributed by atoms with Crippen molar-refractivity contribution in [1.29, 1.82) is 0 Å². The highest BCUT2D eigenvalue weighted by Crippen LogP contribution is 1.93. The third-order valence-corrected chi connectivity index (χ3v) is 1.04. The van der Waals surface area contributed by atoms with Gasteiger partial charge in [0.15, 0.2) is 0 Å². The van der Waals surface area contributed by atoms with Crippen LogP contribution in [0.5, 0.6) is 0 Å². The van der Waals surface area contributed by atoms with Crippen molar-refractivity contribution in [1.82, 2.24) is 5.39 Å². The van der Waals surface area contributed by atoms with Crippen LogP contribution >= 0.6 is 0 Å². The molecular weight excluding hydrogens is 250 g/mol. The lowest BCUT2D eigenvalue weighted by molar-refractivity contribution is -0.527. The monoisotopic (exact) mass is 269 g/mol. The molecule has 0 aromatic heterocycles. The van der Waals surface area contributed by atoms with Crippen LogP contribution < -0.4 is 0 Å². The molecule has 0 radical (unpaired) electrons. The number of carboxylic acids is 1. The number of hydrogen-bond acceptors (Lipinski definition) is 8. The van der Waals surface area contributed by atoms with Gasteiger partial charge in [0.2, 0.25) is 0 Å². The minimum absolute atomic E-state index is 0.0108. The second-order valence-electron chi connectivity index (χ2n) is 2.44. The minimum Gasteiger partial charge on any atom is -0.478 e. The summed E-state index contributed by atoms with van der Waals surface area (Å²) in [6.45, 7) is 2.46. The van der Waals surface area contributed by atoms with Crippen LogP contribution in [0.2, 0.25) is 0 Å². The molecule has 0 amide bonds. The Bertz CT molecular complexity index is 182. The van der Waals surface area contributed by atoms with E-state index in [-0.39, 0.29) is 39.6 Å². The summed E-state index contributed by atoms with van der Waals surface area (Å²) in [4.78, 5) is 23.4. The molecule has 0 aliphatic carbocycles. The number of hydrogen-bond donors (Lipinski definition) is 4. The molecule has 0 aromatic carbocycles. The van der Waals surface area contributed by atoms with Gasteiger partial charge in [-0.05, 0) is 0 Å². The molecule has 9 nitrogen and oxygen atoms in total. The van der Waals surface area contributed by atoms with Crippen LogP contribution in [0.3, 0.4) is 0 Å². The highest BCUT2D eigenvalue weighted by Gasteiger charge is 2.05. The smallest absolute Gasteiger partial charge is 0.327 e. The van der Waals surface area contributed by atoms with Crippen LogP contribution in [0, 0.1) is 0 Å². The van der Waals surface area contributed by atoms with Gasteiger partial charge >= 0.3 is 5.97 Å². The average molecular weight is 269 g/mol. The highest BCUT2D eigenvalue weighted by molar-refractivity contribution is 5.78. The fourth-order valence-electron chi connectivity index (χ4n) is 0.458. The van der Waals surface area contributed by atoms with E-state index in [0.29, 0.717) is 5.39 Å². The Hall–Kier alpha value is -1.07. The second-order valence-corrected chi connectivity index (χ2v) is 2.44. The predicted molar refractivity (Wildman–Crippen MR) is 58.8 cm³/mol. The Morgan fingerprint density at radius 2 is 1.28 bits per heavy atom. The zero-order valence-electron chi connectivity index (χ0n) is 9.90. The summed E-state index contributed by atoms with van der Waals surface area (Å²) in [5, 5.41) is 33.5. The first-order chi connectivity index (χ1) is 8.62. The molecule has 0 fully saturated rings. The molecule has 0 heterocycles. The van der Waals surface area contributed by atoms with Gasteiger partial charge in [-0.1, -0.05) is 6.58 Å². The first-order valence-corrected chi connectivity index (χ1v) is 4.99. The van der Waals surface area contributed by atoms with E-state index in [2.05, 4.69) is 6.58 Å². The van der Waals surface area contributed by atoms with Gasteiger partial charge in [0.25, 0.3) is 0 Å². The molecule has 0 saturated carbocycles. The van der Waals surface area contributed by atoms with Crippen LogP contribution in [0.15, 0.2) is 12.7 Å². The van der Waals surface area contributed by atoms with Gasteiger partial charge in [0, 0.05) is 6.08 Å². The number of nitrogens with zero attached hydrogens (tertiary/aromatic N) is 1. The number of aliphatic hydroxyl groups is 3. The fourth-order valence-corrected chi connectivity index (χ4v) is 0.458. The maximum Gasteiger partial charge on any atom is 0.327 e. The SMILES string of the molecule is C=CC(=O)O.OCCON(OCCO)OCCO. The molecule has 0 atom stereocenters. The maximum atomic E-state index is 9.25. The van der Waals surface area contributed by atoms with Crippen LogP contribution in [0.1, 0.15) is 0 Å². The standard InChI is InChI=1S/C6H15NO6.C3H4O2/c8-1-4-11-7(12-5-2-9)13-6-3-10;1-2-3(4)5/h8-10H,1-6H2;2H,1H2,(H,4,5). The van der Waals surface area contributed by atoms with E-state index < -0.39 is 5.97 Å². The highest BCUT2D eigenvalue weighted by atomic mass is 17.2. The van der Waals surface area contributed by atoms with Crippen molar-refractivity contribution in [2.75, 3.05) is 39.6 Å². The summed E-state index contributed by atoms with van der Waals surface area (Å²) in [6, 6.07) is 0. The summed E-state index contributed by atoms with van der Waals surface area (Å²) in [7, 11) is 0. The van der Waals surface area contributed by atoms with Crippen molar-refractivity contribution < 1.29 is 39.7 Å². The first kappa shape index (κ1) is 19.3. The summed E-state index contributed by atoms with van der Waals surface area (Å²) in [6.07, 6.45) is 0.833. The largest absolute Gasteiger partial charge is 0.478 e. The molecule has 0 saturated heterocycles. The molecule has 0 spiro atoms. The topological polar surface area (TPSA) is 129 Å². The molecule has 0 aliphatic rings. The number of aliphatic hydroxyl groups excluding tert-OH is 3. The number of aliphatic carboxylic acids is 1. The molecule has 0 bridgehead atoms. The van der Waals surface area contributed by atoms with Crippen molar-refractivity contribution in [3.8, 4) is 0 Å². The Morgan fingerprint density at radius 3 is 1.44 bits per heavy atom. The van der Waals surface area contributed by atoms with E-state index in [1.54, 1.807) is 0 Å². The summed E-state index contributed by atoms with van der Waals surface area (Å²) in [5.41, 5.74) is 0. The van der Waals surface area contributed by atoms with Crippen molar-refractivity contribution in [3.63, 3.8) is 0 Å². The first-order valence-electron chi connectivity index (χ1n) is 4.99. The lowest BCUT2D eigenvalue weighted by atomic mass is 10.7. The van der Waals surface area contributed by atoms with Crippen molar-refractivity contribution >= 4 is 5.97 Å². The third-order valence-electron chi connectivity index (χ3n) is 1.04. The molecule has 0 unspecified atom stereocenters. The van der Waals surface area contributed by atoms with Gasteiger partial charge in [-0.25, -0.2) is 19.3 Å². The van der Waals surface area contributed by atoms with E-state index in [9.17, 15) is 4.79 Å². The van der Waals surface area contributed by atoms with Gasteiger partial charge in [-0.3, -0.25) is 0 Å². The van der Waals surface area contributed by atoms with E-state index in [1.165, 1.54) is 0 Å². The van der Waals surface area contributed by atoms with E-state index >= 15 is 0 Å². The molecule has 108 valence electrons. The van der Waals surface area contributed by atoms with Crippen LogP contribution in [0.4, 0.5) is 0 Å². The normalized spacial score (nSPS) is 9.78. The van der Waals surface area contributed by atoms with Crippen molar-refractivity contribution in [3.05, 3.63) is 12.7 Å². The Kier molecular flexibility index (Phi) is 17.1. The molecule has 18 heavy (non-hydrogen) atoms. The van der Waals surface area contributed by atoms with E-state index in [4.69, 9.17) is 34.9 Å². The lowest BCUT2D eigenvalue weighted by Gasteiger charge is -2.17. The molecule has 0 aliphatic heterocycles. The van der Waals surface area contributed by atoms with Crippen molar-refractivity contribution in [2.24, 2.45) is 0 Å². The average Bonchev–Trinajstić information content (AvgIpc) is 2.38. The van der Waals surface area contributed by atoms with E-state index in [1.807, 2.05) is 0 Å². The predicted octanol–water partition coefficient (Wildman–Crippen LogP) is -1.68. The van der Waals surface area contributed by atoms with E-state index in [0.717, 1.165) is 6.08 Å². The quantitative estimate of drug-likeness (QED) is 0.271. The van der Waals surface area contributed by atoms with Crippen LogP contribution in [-0.4, -0.2) is 71.4 Å². The van der Waals surface area contributed by atoms with Gasteiger partial charge < -0.3 is 20.4 Å². The zero-order chi connectivity index (χ0) is 14.2. The van der Waals surface area contributed by atoms with Crippen molar-refractivity contribution in [2.45, 2.75) is 0 Å². The Morgan fingerprint density at radius 1 is 1.00 bits per heavy atom. The Balaban J connectivity index is 0. The molecule has 9 heteroatoms. The third kappa shape index (κ3) is 17.3. The number of rotatable bonds is 10. The van der Waals surface area contributed by atoms with Crippen LogP contribution in [-0.2, 0) is 19.3 Å². The maximum absolute atomic E-state index is 9.25. The summed E-state index contributed by atoms with van der Waals surface area (Å²) >= 11 is 0. The van der Waals surface area contributed by atoms with Gasteiger partial charge in [0.1, 0.15) is 0 Å². The van der Waals surface area contributed by atoms with Gasteiger partial charge in [-0.15, -0.1) is 0 Å². The Labute approximate surface area is 104 Å².